The Balaban J connectivity index is 2.08. The van der Waals surface area contributed by atoms with E-state index < -0.39 is 17.6 Å². The lowest BCUT2D eigenvalue weighted by Crippen LogP contribution is -2.17. The fourth-order valence-electron chi connectivity index (χ4n) is 3.12. The molecule has 1 aromatic heterocycles. The first kappa shape index (κ1) is 17.7. The third-order valence-electron chi connectivity index (χ3n) is 4.24. The molecule has 0 amide bonds. The molecule has 0 atom stereocenters. The van der Waals surface area contributed by atoms with Crippen LogP contribution in [0.2, 0.25) is 0 Å². The maximum absolute atomic E-state index is 14.4. The zero-order valence-electron chi connectivity index (χ0n) is 13.6. The Morgan fingerprint density at radius 1 is 1.00 bits per heavy atom. The van der Waals surface area contributed by atoms with Gasteiger partial charge in [-0.05, 0) is 18.2 Å². The highest BCUT2D eigenvalue weighted by Crippen LogP contribution is 2.38. The Bertz CT molecular complexity index is 1060. The maximum atomic E-state index is 14.4. The van der Waals surface area contributed by atoms with Gasteiger partial charge >= 0.3 is 6.18 Å². The van der Waals surface area contributed by atoms with Gasteiger partial charge in [-0.1, -0.05) is 24.3 Å². The van der Waals surface area contributed by atoms with Gasteiger partial charge < -0.3 is 0 Å². The molecule has 0 N–H and O–H groups in total. The first-order valence-electron chi connectivity index (χ1n) is 7.91. The second-order valence-corrected chi connectivity index (χ2v) is 6.11. The average Bonchev–Trinajstić information content (AvgIpc) is 2.97. The summed E-state index contributed by atoms with van der Waals surface area (Å²) in [6, 6.07) is 9.53. The van der Waals surface area contributed by atoms with E-state index in [1.165, 1.54) is 34.9 Å². The minimum Gasteiger partial charge on any atom is -0.279 e. The Labute approximate surface area is 156 Å². The smallest absolute Gasteiger partial charge is 0.279 e. The molecule has 4 nitrogen and oxygen atoms in total. The predicted octanol–water partition coefficient (Wildman–Crippen LogP) is 4.52. The molecule has 27 heavy (non-hydrogen) atoms. The number of alkyl halides is 4. The summed E-state index contributed by atoms with van der Waals surface area (Å²) < 4.78 is 56.9. The van der Waals surface area contributed by atoms with Crippen LogP contribution in [0.3, 0.4) is 0 Å². The normalized spacial score (nSPS) is 13.6. The van der Waals surface area contributed by atoms with Crippen LogP contribution < -0.4 is 0 Å². The van der Waals surface area contributed by atoms with Crippen molar-refractivity contribution in [3.05, 3.63) is 76.6 Å². The first-order chi connectivity index (χ1) is 12.9. The number of nitrogens with zero attached hydrogens (tertiary/aromatic N) is 4. The van der Waals surface area contributed by atoms with Gasteiger partial charge in [-0.25, -0.2) is 4.39 Å². The zero-order valence-corrected chi connectivity index (χ0v) is 14.4. The Morgan fingerprint density at radius 2 is 1.74 bits per heavy atom. The summed E-state index contributed by atoms with van der Waals surface area (Å²) in [5, 5.41) is 7.79. The molecule has 0 aliphatic carbocycles. The number of aromatic nitrogens is 3. The van der Waals surface area contributed by atoms with E-state index in [-0.39, 0.29) is 46.6 Å². The quantitative estimate of drug-likeness (QED) is 0.474. The average molecular weight is 395 g/mol. The predicted molar refractivity (Wildman–Crippen MR) is 91.7 cm³/mol. The monoisotopic (exact) mass is 394 g/mol. The van der Waals surface area contributed by atoms with Crippen molar-refractivity contribution in [1.29, 1.82) is 0 Å². The highest BCUT2D eigenvalue weighted by molar-refractivity contribution is 6.17. The van der Waals surface area contributed by atoms with Gasteiger partial charge in [-0.15, -0.1) is 21.8 Å². The van der Waals surface area contributed by atoms with Crippen molar-refractivity contribution in [3.8, 4) is 5.69 Å². The summed E-state index contributed by atoms with van der Waals surface area (Å²) in [5.41, 5.74) is -0.706. The van der Waals surface area contributed by atoms with Crippen LogP contribution in [0.5, 0.6) is 0 Å². The van der Waals surface area contributed by atoms with Crippen molar-refractivity contribution in [3.63, 3.8) is 0 Å². The van der Waals surface area contributed by atoms with Gasteiger partial charge in [-0.2, -0.15) is 13.2 Å². The molecule has 2 heterocycles. The van der Waals surface area contributed by atoms with Crippen LogP contribution in [0.1, 0.15) is 28.3 Å². The second kappa shape index (κ2) is 6.45. The van der Waals surface area contributed by atoms with E-state index in [2.05, 4.69) is 15.2 Å². The largest absolute Gasteiger partial charge is 0.418 e. The summed E-state index contributed by atoms with van der Waals surface area (Å²) in [6.45, 7) is -0.0560. The number of fused-ring (bicyclic) bond motifs is 3. The van der Waals surface area contributed by atoms with Crippen molar-refractivity contribution in [1.82, 2.24) is 14.8 Å². The molecular formula is C18H11ClF4N4. The van der Waals surface area contributed by atoms with E-state index in [1.54, 1.807) is 6.07 Å². The van der Waals surface area contributed by atoms with Gasteiger partial charge in [0, 0.05) is 11.1 Å². The van der Waals surface area contributed by atoms with Crippen LogP contribution in [0.25, 0.3) is 5.69 Å². The number of benzene rings is 2. The number of para-hydroxylation sites is 1. The van der Waals surface area contributed by atoms with Crippen LogP contribution in [0.15, 0.2) is 47.5 Å². The lowest BCUT2D eigenvalue weighted by Gasteiger charge is -2.19. The molecule has 4 rings (SSSR count). The molecule has 0 unspecified atom stereocenters. The van der Waals surface area contributed by atoms with E-state index >= 15 is 0 Å². The minimum atomic E-state index is -4.64. The number of rotatable bonds is 2. The van der Waals surface area contributed by atoms with Crippen molar-refractivity contribution in [2.45, 2.75) is 18.6 Å². The molecule has 0 saturated heterocycles. The minimum absolute atomic E-state index is 0.0560. The molecule has 9 heteroatoms. The van der Waals surface area contributed by atoms with Gasteiger partial charge in [0.05, 0.1) is 22.8 Å². The molecule has 3 aromatic rings. The third-order valence-corrected chi connectivity index (χ3v) is 4.48. The molecule has 138 valence electrons. The van der Waals surface area contributed by atoms with E-state index in [0.717, 1.165) is 6.07 Å². The summed E-state index contributed by atoms with van der Waals surface area (Å²) in [6.07, 6.45) is -4.64. The highest BCUT2D eigenvalue weighted by Gasteiger charge is 2.38. The van der Waals surface area contributed by atoms with Crippen molar-refractivity contribution in [2.24, 2.45) is 4.99 Å². The van der Waals surface area contributed by atoms with E-state index in [9.17, 15) is 17.6 Å². The molecule has 0 bridgehead atoms. The topological polar surface area (TPSA) is 43.1 Å². The first-order valence-corrected chi connectivity index (χ1v) is 8.44. The van der Waals surface area contributed by atoms with Gasteiger partial charge in [0.1, 0.15) is 12.4 Å². The molecule has 2 aromatic carbocycles. The lowest BCUT2D eigenvalue weighted by molar-refractivity contribution is -0.137. The molecule has 0 saturated carbocycles. The van der Waals surface area contributed by atoms with Crippen LogP contribution >= 0.6 is 11.6 Å². The molecule has 1 aliphatic heterocycles. The Morgan fingerprint density at radius 3 is 2.44 bits per heavy atom. The summed E-state index contributed by atoms with van der Waals surface area (Å²) in [7, 11) is 0. The number of halogens is 5. The zero-order chi connectivity index (χ0) is 19.2. The third kappa shape index (κ3) is 2.90. The number of hydrogen-bond donors (Lipinski definition) is 0. The molecular weight excluding hydrogens is 384 g/mol. The van der Waals surface area contributed by atoms with E-state index in [0.29, 0.717) is 0 Å². The van der Waals surface area contributed by atoms with Crippen molar-refractivity contribution in [2.75, 3.05) is 0 Å². The maximum Gasteiger partial charge on any atom is 0.418 e. The summed E-state index contributed by atoms with van der Waals surface area (Å²) in [5.74, 6) is -0.340. The van der Waals surface area contributed by atoms with Crippen molar-refractivity contribution < 1.29 is 17.6 Å². The SMILES string of the molecule is Fc1ccccc1C1=NCc2nnc(CCl)n2-c2c1cccc2C(F)(F)F. The van der Waals surface area contributed by atoms with Crippen molar-refractivity contribution >= 4 is 17.3 Å². The van der Waals surface area contributed by atoms with Crippen LogP contribution in [0.4, 0.5) is 17.6 Å². The van der Waals surface area contributed by atoms with Gasteiger partial charge in [0.25, 0.3) is 0 Å². The summed E-state index contributed by atoms with van der Waals surface area (Å²) >= 11 is 5.87. The fraction of sp³-hybridized carbons (Fsp3) is 0.167. The number of hydrogen-bond acceptors (Lipinski definition) is 3. The van der Waals surface area contributed by atoms with Crippen LogP contribution in [-0.2, 0) is 18.6 Å². The van der Waals surface area contributed by atoms with Crippen LogP contribution in [-0.4, -0.2) is 20.5 Å². The second-order valence-electron chi connectivity index (χ2n) is 5.85. The molecule has 0 spiro atoms. The molecule has 0 radical (unpaired) electrons. The summed E-state index contributed by atoms with van der Waals surface area (Å²) in [4.78, 5) is 4.35. The van der Waals surface area contributed by atoms with E-state index in [1.807, 2.05) is 0 Å². The fourth-order valence-corrected chi connectivity index (χ4v) is 3.30. The molecule has 1 aliphatic rings. The Kier molecular flexibility index (Phi) is 4.22. The van der Waals surface area contributed by atoms with Gasteiger partial charge in [0.15, 0.2) is 11.6 Å². The highest BCUT2D eigenvalue weighted by atomic mass is 35.5. The lowest BCUT2D eigenvalue weighted by atomic mass is 9.97. The Hall–Kier alpha value is -2.74. The van der Waals surface area contributed by atoms with E-state index in [4.69, 9.17) is 11.6 Å². The van der Waals surface area contributed by atoms with Gasteiger partial charge in [0.2, 0.25) is 0 Å². The standard InChI is InChI=1S/C18H11ClF4N4/c19-8-14-25-26-15-9-24-16(10-4-1-2-7-13(10)20)11-5-3-6-12(18(21,22)23)17(11)27(14)15/h1-7H,8-9H2. The molecule has 0 fully saturated rings. The van der Waals surface area contributed by atoms with Crippen LogP contribution in [0, 0.1) is 5.82 Å². The number of aliphatic imine (C=N–C) groups is 1. The van der Waals surface area contributed by atoms with Gasteiger partial charge in [-0.3, -0.25) is 9.56 Å².